The number of hydrogen-bond acceptors (Lipinski definition) is 0. The molecule has 0 saturated heterocycles. The predicted octanol–water partition coefficient (Wildman–Crippen LogP) is 1.56. The highest BCUT2D eigenvalue weighted by Gasteiger charge is 2.07. The van der Waals surface area contributed by atoms with Crippen molar-refractivity contribution >= 4 is 15.9 Å². The fourth-order valence-electron chi connectivity index (χ4n) is 0. The van der Waals surface area contributed by atoms with E-state index in [2.05, 4.69) is 43.7 Å². The van der Waals surface area contributed by atoms with Crippen molar-refractivity contribution in [1.82, 2.24) is 0 Å². The van der Waals surface area contributed by atoms with Gasteiger partial charge in [0.2, 0.25) is 0 Å². The second-order valence-corrected chi connectivity index (χ2v) is 3.30. The monoisotopic (exact) mass is 164 g/mol. The Morgan fingerprint density at radius 1 is 1.43 bits per heavy atom. The maximum atomic E-state index is 3.72. The molecule has 0 heterocycles. The summed E-state index contributed by atoms with van der Waals surface area (Å²) < 4.78 is 1.77. The summed E-state index contributed by atoms with van der Waals surface area (Å²) in [5.41, 5.74) is 0. The van der Waals surface area contributed by atoms with Crippen molar-refractivity contribution in [3.63, 3.8) is 0 Å². The quantitative estimate of drug-likeness (QED) is 0.408. The van der Waals surface area contributed by atoms with Crippen LogP contribution in [0.1, 0.15) is 0 Å². The van der Waals surface area contributed by atoms with Crippen LogP contribution in [0.15, 0.2) is 11.2 Å². The van der Waals surface area contributed by atoms with Gasteiger partial charge in [0.25, 0.3) is 0 Å². The van der Waals surface area contributed by atoms with E-state index in [4.69, 9.17) is 0 Å². The lowest BCUT2D eigenvalue weighted by atomic mass is 10.7. The Bertz CT molecular complexity index is 80.6. The molecule has 0 aliphatic heterocycles. The fraction of sp³-hybridized carbons (Fsp3) is 0.600. The molecule has 0 spiro atoms. The van der Waals surface area contributed by atoms with Crippen LogP contribution in [0.5, 0.6) is 0 Å². The van der Waals surface area contributed by atoms with Gasteiger partial charge in [-0.3, -0.25) is 4.48 Å². The van der Waals surface area contributed by atoms with Gasteiger partial charge in [0.1, 0.15) is 0 Å². The third-order valence-electron chi connectivity index (χ3n) is 0.728. The summed E-state index contributed by atoms with van der Waals surface area (Å²) in [6, 6.07) is 0. The van der Waals surface area contributed by atoms with Crippen LogP contribution < -0.4 is 0 Å². The van der Waals surface area contributed by atoms with E-state index in [0.717, 1.165) is 9.09 Å². The van der Waals surface area contributed by atoms with Crippen molar-refractivity contribution in [3.05, 3.63) is 11.2 Å². The van der Waals surface area contributed by atoms with Crippen molar-refractivity contribution in [1.29, 1.82) is 0 Å². The molecule has 0 aromatic rings. The first-order chi connectivity index (χ1) is 2.94. The largest absolute Gasteiger partial charge is 0.293 e. The van der Waals surface area contributed by atoms with E-state index < -0.39 is 0 Å². The number of hydrogen-bond donors (Lipinski definition) is 0. The van der Waals surface area contributed by atoms with Gasteiger partial charge in [-0.1, -0.05) is 0 Å². The first kappa shape index (κ1) is 7.18. The van der Waals surface area contributed by atoms with Crippen LogP contribution in [0.2, 0.25) is 0 Å². The summed E-state index contributed by atoms with van der Waals surface area (Å²) in [6.07, 6.45) is 0. The Kier molecular flexibility index (Phi) is 2.02. The summed E-state index contributed by atoms with van der Waals surface area (Å²) >= 11 is 3.27. The van der Waals surface area contributed by atoms with E-state index in [1.165, 1.54) is 0 Å². The third-order valence-corrected chi connectivity index (χ3v) is 1.79. The van der Waals surface area contributed by atoms with Crippen molar-refractivity contribution in [3.8, 4) is 0 Å². The molecule has 0 aliphatic carbocycles. The number of rotatable bonds is 1. The van der Waals surface area contributed by atoms with E-state index >= 15 is 0 Å². The molecule has 0 aromatic carbocycles. The molecule has 7 heavy (non-hydrogen) atoms. The van der Waals surface area contributed by atoms with E-state index in [-0.39, 0.29) is 0 Å². The second kappa shape index (κ2) is 1.97. The van der Waals surface area contributed by atoms with Crippen LogP contribution in [-0.4, -0.2) is 25.6 Å². The minimum Gasteiger partial charge on any atom is -0.293 e. The fourth-order valence-corrected chi connectivity index (χ4v) is 0. The topological polar surface area (TPSA) is 0 Å². The Morgan fingerprint density at radius 2 is 1.57 bits per heavy atom. The van der Waals surface area contributed by atoms with Crippen molar-refractivity contribution in [2.75, 3.05) is 21.1 Å². The summed E-state index contributed by atoms with van der Waals surface area (Å²) in [4.78, 5) is 0. The van der Waals surface area contributed by atoms with Gasteiger partial charge in [0, 0.05) is 15.9 Å². The third kappa shape index (κ3) is 2.83. The Balaban J connectivity index is 3.79. The minimum atomic E-state index is 0.778. The molecule has 2 heteroatoms. The molecule has 0 unspecified atom stereocenters. The van der Waals surface area contributed by atoms with E-state index in [0.29, 0.717) is 0 Å². The smallest absolute Gasteiger partial charge is 0.167 e. The maximum absolute atomic E-state index is 3.72. The van der Waals surface area contributed by atoms with E-state index in [1.807, 2.05) is 0 Å². The standard InChI is InChI=1S/C5H11BrN/c1-5(6)7(2,3)4/h1H2,2-4H3/q+1. The van der Waals surface area contributed by atoms with Gasteiger partial charge >= 0.3 is 0 Å². The Hall–Kier alpha value is 0.180. The maximum Gasteiger partial charge on any atom is 0.167 e. The second-order valence-electron chi connectivity index (χ2n) is 2.39. The highest BCUT2D eigenvalue weighted by Crippen LogP contribution is 2.10. The lowest BCUT2D eigenvalue weighted by molar-refractivity contribution is -0.821. The van der Waals surface area contributed by atoms with Gasteiger partial charge in [0.05, 0.1) is 21.1 Å². The van der Waals surface area contributed by atoms with Crippen LogP contribution in [0.4, 0.5) is 0 Å². The highest BCUT2D eigenvalue weighted by molar-refractivity contribution is 9.11. The molecule has 0 rings (SSSR count). The van der Waals surface area contributed by atoms with Gasteiger partial charge < -0.3 is 0 Å². The molecule has 0 atom stereocenters. The van der Waals surface area contributed by atoms with Crippen LogP contribution in [0, 0.1) is 0 Å². The zero-order valence-corrected chi connectivity index (χ0v) is 6.62. The molecule has 0 aromatic heterocycles. The lowest BCUT2D eigenvalue weighted by Gasteiger charge is -2.20. The number of nitrogens with zero attached hydrogens (tertiary/aromatic N) is 1. The summed E-state index contributed by atoms with van der Waals surface area (Å²) in [7, 11) is 6.16. The number of quaternary nitrogens is 1. The molecular formula is C5H11BrN+. The van der Waals surface area contributed by atoms with Gasteiger partial charge in [0.15, 0.2) is 4.61 Å². The molecule has 0 N–H and O–H groups in total. The molecule has 1 nitrogen and oxygen atoms in total. The predicted molar refractivity (Wildman–Crippen MR) is 36.1 cm³/mol. The molecule has 0 aliphatic rings. The highest BCUT2D eigenvalue weighted by atomic mass is 79.9. The minimum absolute atomic E-state index is 0.778. The lowest BCUT2D eigenvalue weighted by Crippen LogP contribution is -2.29. The number of halogens is 1. The van der Waals surface area contributed by atoms with Gasteiger partial charge in [-0.2, -0.15) is 0 Å². The van der Waals surface area contributed by atoms with E-state index in [1.54, 1.807) is 0 Å². The molecule has 0 saturated carbocycles. The summed E-state index contributed by atoms with van der Waals surface area (Å²) in [5.74, 6) is 0. The van der Waals surface area contributed by atoms with Gasteiger partial charge in [-0.05, 0) is 6.58 Å². The van der Waals surface area contributed by atoms with Crippen molar-refractivity contribution < 1.29 is 4.48 Å². The SMILES string of the molecule is C=C(Br)[N+](C)(C)C. The van der Waals surface area contributed by atoms with E-state index in [9.17, 15) is 0 Å². The Morgan fingerprint density at radius 3 is 1.57 bits per heavy atom. The zero-order chi connectivity index (χ0) is 6.08. The van der Waals surface area contributed by atoms with Crippen molar-refractivity contribution in [2.24, 2.45) is 0 Å². The Labute approximate surface area is 53.3 Å². The molecule has 0 radical (unpaired) electrons. The molecule has 42 valence electrons. The first-order valence-electron chi connectivity index (χ1n) is 2.11. The van der Waals surface area contributed by atoms with Crippen LogP contribution in [-0.2, 0) is 0 Å². The average Bonchev–Trinajstić information content (AvgIpc) is 1.31. The van der Waals surface area contributed by atoms with Crippen LogP contribution >= 0.6 is 15.9 Å². The summed E-state index contributed by atoms with van der Waals surface area (Å²) in [5, 5.41) is 0. The van der Waals surface area contributed by atoms with Gasteiger partial charge in [-0.15, -0.1) is 0 Å². The van der Waals surface area contributed by atoms with Crippen LogP contribution in [0.3, 0.4) is 0 Å². The van der Waals surface area contributed by atoms with Crippen molar-refractivity contribution in [2.45, 2.75) is 0 Å². The molecule has 0 amide bonds. The molecule has 0 fully saturated rings. The van der Waals surface area contributed by atoms with Crippen LogP contribution in [0.25, 0.3) is 0 Å². The molecule has 0 bridgehead atoms. The normalized spacial score (nSPS) is 11.4. The summed E-state index contributed by atoms with van der Waals surface area (Å²) in [6.45, 7) is 3.72. The first-order valence-corrected chi connectivity index (χ1v) is 2.90. The average molecular weight is 165 g/mol. The van der Waals surface area contributed by atoms with Gasteiger partial charge in [-0.25, -0.2) is 0 Å². The molecular weight excluding hydrogens is 154 g/mol. The zero-order valence-electron chi connectivity index (χ0n) is 5.03.